The van der Waals surface area contributed by atoms with E-state index in [1.165, 1.54) is 6.01 Å². The predicted octanol–water partition coefficient (Wildman–Crippen LogP) is -5.60. The van der Waals surface area contributed by atoms with E-state index in [4.69, 9.17) is 10.2 Å². The largest absolute Gasteiger partial charge is 1.00 e. The van der Waals surface area contributed by atoms with Gasteiger partial charge < -0.3 is 33.6 Å². The van der Waals surface area contributed by atoms with Crippen LogP contribution in [0.2, 0.25) is 0 Å². The molecular weight excluding hydrogens is 252 g/mol. The first-order valence-electron chi connectivity index (χ1n) is 1.80. The summed E-state index contributed by atoms with van der Waals surface area (Å²) in [6.45, 7) is 0. The molecule has 0 unspecified atom stereocenters. The van der Waals surface area contributed by atoms with Crippen LogP contribution in [0.25, 0.3) is 5.41 Å². The molecule has 2 amide bonds. The zero-order valence-corrected chi connectivity index (χ0v) is 14.6. The van der Waals surface area contributed by atoms with Crippen LogP contribution in [0.15, 0.2) is 4.99 Å². The van der Waals surface area contributed by atoms with E-state index in [9.17, 15) is 4.79 Å². The van der Waals surface area contributed by atoms with Crippen LogP contribution in [-0.2, 0) is 12.6 Å². The van der Waals surface area contributed by atoms with Crippen LogP contribution in [0.1, 0.15) is 0 Å². The fourth-order valence-corrected chi connectivity index (χ4v) is 0.0875. The molecule has 0 rings (SSSR count). The van der Waals surface area contributed by atoms with Gasteiger partial charge in [0.25, 0.3) is 0 Å². The summed E-state index contributed by atoms with van der Waals surface area (Å²) in [6, 6.07) is 1.27. The minimum Gasteiger partial charge on any atom is -0.719 e. The third-order valence-corrected chi connectivity index (χ3v) is 0.246. The summed E-state index contributed by atoms with van der Waals surface area (Å²) in [5.74, 6) is 0. The zero-order chi connectivity index (χ0) is 8.57. The molecule has 56 valence electrons. The second-order valence-electron chi connectivity index (χ2n) is 0.813. The van der Waals surface area contributed by atoms with Gasteiger partial charge in [0.05, 0.1) is 5.24 Å². The summed E-state index contributed by atoms with van der Waals surface area (Å²) >= 11 is 6.91. The van der Waals surface area contributed by atoms with E-state index in [2.05, 4.69) is 36.0 Å². The molecule has 2 N–H and O–H groups in total. The predicted molar refractivity (Wildman–Crippen MR) is 42.1 cm³/mol. The number of nitrogens with zero attached hydrogens (tertiary/aromatic N) is 2. The maximum absolute atomic E-state index is 9.52. The fourth-order valence-electron chi connectivity index (χ4n) is 0.0428. The van der Waals surface area contributed by atoms with Gasteiger partial charge in [0.1, 0.15) is 0 Å². The molecule has 0 fully saturated rings. The number of nitrogens with two attached hydrogens (primary N) is 1. The number of thiol groups is 1. The van der Waals surface area contributed by atoms with Gasteiger partial charge in [-0.2, -0.15) is 0 Å². The van der Waals surface area contributed by atoms with E-state index in [1.54, 1.807) is 0 Å². The fraction of sp³-hybridized carbons (Fsp3) is 0. The number of amides is 2. The molecule has 0 aromatic heterocycles. The van der Waals surface area contributed by atoms with Gasteiger partial charge in [-0.1, -0.05) is 0 Å². The first-order valence-corrected chi connectivity index (χ1v) is 2.65. The van der Waals surface area contributed by atoms with Crippen molar-refractivity contribution in [3.8, 4) is 0 Å². The Balaban J connectivity index is -0.0000000483. The number of rotatable bonds is 0. The van der Waals surface area contributed by atoms with Crippen molar-refractivity contribution < 1.29 is 112 Å². The van der Waals surface area contributed by atoms with Gasteiger partial charge in [0, 0.05) is 0 Å². The van der Waals surface area contributed by atoms with Gasteiger partial charge >= 0.3 is 103 Å². The molecule has 0 spiro atoms. The normalized spacial score (nSPS) is 5.08. The first kappa shape index (κ1) is 23.9. The minimum atomic E-state index is -0.752. The summed E-state index contributed by atoms with van der Waals surface area (Å²) in [4.78, 5) is 21.2. The molecule has 12 heavy (non-hydrogen) atoms. The van der Waals surface area contributed by atoms with E-state index in [1.807, 2.05) is 0 Å². The van der Waals surface area contributed by atoms with Crippen molar-refractivity contribution in [2.45, 2.75) is 0 Å². The van der Waals surface area contributed by atoms with E-state index in [0.717, 1.165) is 0 Å². The standard InChI is InChI=1S/C2HN2OS.CH3NOS.2K/c3-1-4-2(5)6;2-1(3)4;;/h(H,5,6);(H3,2,3,4);;/q-1;;2*+1/p-1. The maximum atomic E-state index is 9.52. The molecule has 0 radical (unpaired) electrons. The molecule has 9 heteroatoms. The van der Waals surface area contributed by atoms with Crippen molar-refractivity contribution in [3.05, 3.63) is 5.41 Å². The van der Waals surface area contributed by atoms with Crippen molar-refractivity contribution in [2.75, 3.05) is 0 Å². The van der Waals surface area contributed by atoms with Crippen LogP contribution < -0.4 is 109 Å². The van der Waals surface area contributed by atoms with Gasteiger partial charge in [-0.25, -0.2) is 0 Å². The smallest absolute Gasteiger partial charge is 0.719 e. The molecule has 0 heterocycles. The molecule has 0 atom stereocenters. The molecule has 0 saturated carbocycles. The second kappa shape index (κ2) is 19.0. The van der Waals surface area contributed by atoms with Gasteiger partial charge in [0.15, 0.2) is 0 Å². The van der Waals surface area contributed by atoms with Gasteiger partial charge in [-0.15, -0.1) is 18.6 Å². The van der Waals surface area contributed by atoms with Crippen LogP contribution in [0.5, 0.6) is 0 Å². The molecule has 0 bridgehead atoms. The van der Waals surface area contributed by atoms with Crippen LogP contribution in [0.4, 0.5) is 9.59 Å². The molecular formula is C3H3K2N3O2S2. The molecule has 0 aliphatic carbocycles. The minimum absolute atomic E-state index is 0. The number of hydrogen-bond donors (Lipinski definition) is 2. The molecule has 0 saturated heterocycles. The van der Waals surface area contributed by atoms with Crippen LogP contribution in [0, 0.1) is 0 Å². The Morgan fingerprint density at radius 2 is 1.75 bits per heavy atom. The maximum Gasteiger partial charge on any atom is 1.00 e. The molecule has 0 aliphatic heterocycles. The number of carbonyl (C=O) groups excluding carboxylic acids is 2. The van der Waals surface area contributed by atoms with Crippen LogP contribution in [-0.4, -0.2) is 16.5 Å². The molecule has 0 aliphatic rings. The SMILES string of the molecule is NC(=O)[S-].[K+].[K+].[N-]=C=NC(=O)S. The molecule has 5 nitrogen and oxygen atoms in total. The Morgan fingerprint density at radius 1 is 1.50 bits per heavy atom. The number of carbonyl (C=O) groups is 2. The van der Waals surface area contributed by atoms with Crippen molar-refractivity contribution in [1.29, 1.82) is 0 Å². The summed E-state index contributed by atoms with van der Waals surface area (Å²) in [5.41, 5.74) is 4.29. The number of aliphatic imine (C=N–C) groups is 1. The summed E-state index contributed by atoms with van der Waals surface area (Å²) < 4.78 is 0. The van der Waals surface area contributed by atoms with E-state index >= 15 is 0 Å². The summed E-state index contributed by atoms with van der Waals surface area (Å²) in [7, 11) is 0. The number of primary amides is 1. The average molecular weight is 255 g/mol. The number of hydrogen-bond acceptors (Lipinski definition) is 3. The van der Waals surface area contributed by atoms with Crippen LogP contribution in [0.3, 0.4) is 0 Å². The van der Waals surface area contributed by atoms with Gasteiger partial charge in [0.2, 0.25) is 5.24 Å². The van der Waals surface area contributed by atoms with Crippen molar-refractivity contribution in [1.82, 2.24) is 0 Å². The topological polar surface area (TPSA) is 94.8 Å². The van der Waals surface area contributed by atoms with E-state index in [-0.39, 0.29) is 103 Å². The quantitative estimate of drug-likeness (QED) is 0.196. The first-order chi connectivity index (χ1) is 4.50. The monoisotopic (exact) mass is 255 g/mol. The van der Waals surface area contributed by atoms with Gasteiger partial charge in [-0.3, -0.25) is 4.79 Å². The average Bonchev–Trinajstić information content (AvgIpc) is 1.62. The Kier molecular flexibility index (Phi) is 37.9. The van der Waals surface area contributed by atoms with Crippen molar-refractivity contribution in [3.63, 3.8) is 0 Å². The molecule has 0 aromatic rings. The summed E-state index contributed by atoms with van der Waals surface area (Å²) in [5, 5.41) is 6.05. The molecule has 0 aromatic carbocycles. The third kappa shape index (κ3) is 55.5. The Hall–Kier alpha value is 2.36. The van der Waals surface area contributed by atoms with Crippen molar-refractivity contribution >= 4 is 41.7 Å². The summed E-state index contributed by atoms with van der Waals surface area (Å²) in [6.07, 6.45) is 0. The Labute approximate surface area is 166 Å². The van der Waals surface area contributed by atoms with E-state index < -0.39 is 10.5 Å². The van der Waals surface area contributed by atoms with Gasteiger partial charge in [-0.05, 0) is 0 Å². The Morgan fingerprint density at radius 3 is 1.75 bits per heavy atom. The van der Waals surface area contributed by atoms with E-state index in [0.29, 0.717) is 0 Å². The third-order valence-electron chi connectivity index (χ3n) is 0.146. The van der Waals surface area contributed by atoms with Crippen LogP contribution >= 0.6 is 12.6 Å². The zero-order valence-electron chi connectivity index (χ0n) is 6.64. The second-order valence-corrected chi connectivity index (χ2v) is 1.60. The Bertz CT molecular complexity index is 178. The van der Waals surface area contributed by atoms with Crippen molar-refractivity contribution in [2.24, 2.45) is 10.7 Å².